The highest BCUT2D eigenvalue weighted by Crippen LogP contribution is 2.23. The van der Waals surface area contributed by atoms with E-state index in [2.05, 4.69) is 35.9 Å². The molecule has 3 heteroatoms. The third-order valence-electron chi connectivity index (χ3n) is 3.39. The third-order valence-corrected chi connectivity index (χ3v) is 3.39. The van der Waals surface area contributed by atoms with Crippen LogP contribution in [0.25, 0.3) is 11.0 Å². The fourth-order valence-electron chi connectivity index (χ4n) is 2.46. The van der Waals surface area contributed by atoms with E-state index < -0.39 is 0 Å². The number of fused-ring (bicyclic) bond motifs is 1. The van der Waals surface area contributed by atoms with Gasteiger partial charge in [0, 0.05) is 0 Å². The topological polar surface area (TPSA) is 54.7 Å². The lowest BCUT2D eigenvalue weighted by molar-refractivity contribution is 0.805. The van der Waals surface area contributed by atoms with E-state index in [-0.39, 0.29) is 6.04 Å². The summed E-state index contributed by atoms with van der Waals surface area (Å²) in [7, 11) is 0. The summed E-state index contributed by atoms with van der Waals surface area (Å²) in [5.74, 6) is 0.815. The van der Waals surface area contributed by atoms with Crippen molar-refractivity contribution in [1.82, 2.24) is 9.97 Å². The summed E-state index contributed by atoms with van der Waals surface area (Å²) >= 11 is 0. The maximum atomic E-state index is 6.27. The minimum atomic E-state index is -0.215. The molecule has 1 unspecified atom stereocenters. The first kappa shape index (κ1) is 11.9. The van der Waals surface area contributed by atoms with Crippen LogP contribution < -0.4 is 5.73 Å². The van der Waals surface area contributed by atoms with Gasteiger partial charge in [-0.2, -0.15) is 0 Å². The van der Waals surface area contributed by atoms with Crippen molar-refractivity contribution in [2.75, 3.05) is 0 Å². The fraction of sp³-hybridized carbons (Fsp3) is 0.188. The lowest BCUT2D eigenvalue weighted by Crippen LogP contribution is -2.13. The number of hydrogen-bond donors (Lipinski definition) is 2. The first-order valence-electron chi connectivity index (χ1n) is 6.42. The highest BCUT2D eigenvalue weighted by molar-refractivity contribution is 5.79. The van der Waals surface area contributed by atoms with Crippen molar-refractivity contribution >= 4 is 11.0 Å². The maximum Gasteiger partial charge on any atom is 0.128 e. The average Bonchev–Trinajstić information content (AvgIpc) is 2.83. The van der Waals surface area contributed by atoms with Crippen LogP contribution in [0.4, 0.5) is 0 Å². The molecular weight excluding hydrogens is 234 g/mol. The van der Waals surface area contributed by atoms with Crippen molar-refractivity contribution < 1.29 is 0 Å². The van der Waals surface area contributed by atoms with Crippen LogP contribution in [-0.2, 0) is 0 Å². The SMILES string of the molecule is Cc1cc(C)c2nc(C(N)c3ccccc3)[nH]c2c1. The molecule has 0 spiro atoms. The number of aryl methyl sites for hydroxylation is 2. The summed E-state index contributed by atoms with van der Waals surface area (Å²) in [6, 6.07) is 14.1. The summed E-state index contributed by atoms with van der Waals surface area (Å²) in [6.07, 6.45) is 0. The average molecular weight is 251 g/mol. The van der Waals surface area contributed by atoms with E-state index in [4.69, 9.17) is 5.73 Å². The molecule has 2 aromatic carbocycles. The Bertz CT molecular complexity index is 713. The van der Waals surface area contributed by atoms with Gasteiger partial charge in [-0.05, 0) is 36.6 Å². The number of nitrogens with two attached hydrogens (primary N) is 1. The van der Waals surface area contributed by atoms with Gasteiger partial charge in [0.2, 0.25) is 0 Å². The number of nitrogens with one attached hydrogen (secondary N) is 1. The molecule has 0 saturated heterocycles. The van der Waals surface area contributed by atoms with Gasteiger partial charge in [0.05, 0.1) is 17.1 Å². The molecule has 3 aromatic rings. The quantitative estimate of drug-likeness (QED) is 0.734. The van der Waals surface area contributed by atoms with Crippen LogP contribution in [-0.4, -0.2) is 9.97 Å². The number of imidazole rings is 1. The van der Waals surface area contributed by atoms with E-state index in [0.717, 1.165) is 22.4 Å². The van der Waals surface area contributed by atoms with Crippen molar-refractivity contribution in [3.05, 3.63) is 65.0 Å². The second kappa shape index (κ2) is 4.52. The lowest BCUT2D eigenvalue weighted by atomic mass is 10.1. The van der Waals surface area contributed by atoms with Gasteiger partial charge in [-0.3, -0.25) is 0 Å². The van der Waals surface area contributed by atoms with Crippen molar-refractivity contribution in [1.29, 1.82) is 0 Å². The Labute approximate surface area is 112 Å². The van der Waals surface area contributed by atoms with E-state index in [1.807, 2.05) is 30.3 Å². The Balaban J connectivity index is 2.09. The number of benzene rings is 2. The zero-order chi connectivity index (χ0) is 13.4. The number of nitrogens with zero attached hydrogens (tertiary/aromatic N) is 1. The van der Waals surface area contributed by atoms with Crippen molar-refractivity contribution in [3.63, 3.8) is 0 Å². The maximum absolute atomic E-state index is 6.27. The van der Waals surface area contributed by atoms with Crippen LogP contribution in [0, 0.1) is 13.8 Å². The molecule has 96 valence electrons. The van der Waals surface area contributed by atoms with Crippen LogP contribution in [0.15, 0.2) is 42.5 Å². The smallest absolute Gasteiger partial charge is 0.128 e. The predicted octanol–water partition coefficient (Wildman–Crippen LogP) is 3.23. The second-order valence-corrected chi connectivity index (χ2v) is 4.99. The number of hydrogen-bond acceptors (Lipinski definition) is 2. The zero-order valence-electron chi connectivity index (χ0n) is 11.1. The molecule has 3 nitrogen and oxygen atoms in total. The van der Waals surface area contributed by atoms with Crippen LogP contribution in [0.1, 0.15) is 28.6 Å². The lowest BCUT2D eigenvalue weighted by Gasteiger charge is -2.08. The minimum absolute atomic E-state index is 0.215. The normalized spacial score (nSPS) is 12.8. The van der Waals surface area contributed by atoms with E-state index in [0.29, 0.717) is 0 Å². The van der Waals surface area contributed by atoms with Crippen LogP contribution in [0.5, 0.6) is 0 Å². The van der Waals surface area contributed by atoms with Crippen molar-refractivity contribution in [2.45, 2.75) is 19.9 Å². The molecule has 0 amide bonds. The Morgan fingerprint density at radius 2 is 1.84 bits per heavy atom. The van der Waals surface area contributed by atoms with Gasteiger partial charge in [-0.25, -0.2) is 4.98 Å². The van der Waals surface area contributed by atoms with Gasteiger partial charge in [0.15, 0.2) is 0 Å². The van der Waals surface area contributed by atoms with Gasteiger partial charge in [0.1, 0.15) is 5.82 Å². The number of H-pyrrole nitrogens is 1. The van der Waals surface area contributed by atoms with Crippen molar-refractivity contribution in [2.24, 2.45) is 5.73 Å². The van der Waals surface area contributed by atoms with E-state index in [9.17, 15) is 0 Å². The molecule has 1 aromatic heterocycles. The van der Waals surface area contributed by atoms with E-state index in [1.54, 1.807) is 0 Å². The third kappa shape index (κ3) is 2.13. The second-order valence-electron chi connectivity index (χ2n) is 4.99. The zero-order valence-corrected chi connectivity index (χ0v) is 11.1. The van der Waals surface area contributed by atoms with Crippen LogP contribution >= 0.6 is 0 Å². The van der Waals surface area contributed by atoms with Gasteiger partial charge >= 0.3 is 0 Å². The molecule has 0 radical (unpaired) electrons. The molecule has 0 bridgehead atoms. The molecular formula is C16H17N3. The molecule has 0 aliphatic carbocycles. The Morgan fingerprint density at radius 1 is 1.11 bits per heavy atom. The van der Waals surface area contributed by atoms with Crippen LogP contribution in [0.2, 0.25) is 0 Å². The number of aromatic amines is 1. The van der Waals surface area contributed by atoms with Crippen LogP contribution in [0.3, 0.4) is 0 Å². The molecule has 3 rings (SSSR count). The predicted molar refractivity (Wildman–Crippen MR) is 78.0 cm³/mol. The van der Waals surface area contributed by atoms with E-state index >= 15 is 0 Å². The largest absolute Gasteiger partial charge is 0.340 e. The number of rotatable bonds is 2. The first-order valence-corrected chi connectivity index (χ1v) is 6.42. The highest BCUT2D eigenvalue weighted by atomic mass is 15.0. The molecule has 1 heterocycles. The van der Waals surface area contributed by atoms with Gasteiger partial charge < -0.3 is 10.7 Å². The molecule has 0 fully saturated rings. The summed E-state index contributed by atoms with van der Waals surface area (Å²) in [6.45, 7) is 4.16. The fourth-order valence-corrected chi connectivity index (χ4v) is 2.46. The summed E-state index contributed by atoms with van der Waals surface area (Å²) in [5.41, 5.74) is 11.8. The minimum Gasteiger partial charge on any atom is -0.340 e. The van der Waals surface area contributed by atoms with Gasteiger partial charge in [0.25, 0.3) is 0 Å². The van der Waals surface area contributed by atoms with Crippen molar-refractivity contribution in [3.8, 4) is 0 Å². The standard InChI is InChI=1S/C16H17N3/c1-10-8-11(2)15-13(9-10)18-16(19-15)14(17)12-6-4-3-5-7-12/h3-9,14H,17H2,1-2H3,(H,18,19). The Hall–Kier alpha value is -2.13. The molecule has 19 heavy (non-hydrogen) atoms. The molecule has 0 aliphatic heterocycles. The van der Waals surface area contributed by atoms with Gasteiger partial charge in [-0.1, -0.05) is 36.4 Å². The summed E-state index contributed by atoms with van der Waals surface area (Å²) in [4.78, 5) is 7.99. The summed E-state index contributed by atoms with van der Waals surface area (Å²) in [5, 5.41) is 0. The van der Waals surface area contributed by atoms with E-state index in [1.165, 1.54) is 11.1 Å². The summed E-state index contributed by atoms with van der Waals surface area (Å²) < 4.78 is 0. The molecule has 0 saturated carbocycles. The number of aromatic nitrogens is 2. The first-order chi connectivity index (χ1) is 9.15. The monoisotopic (exact) mass is 251 g/mol. The highest BCUT2D eigenvalue weighted by Gasteiger charge is 2.14. The molecule has 0 aliphatic rings. The molecule has 3 N–H and O–H groups in total. The Kier molecular flexibility index (Phi) is 2.84. The molecule has 1 atom stereocenters. The Morgan fingerprint density at radius 3 is 2.58 bits per heavy atom. The van der Waals surface area contributed by atoms with Gasteiger partial charge in [-0.15, -0.1) is 0 Å².